The van der Waals surface area contributed by atoms with E-state index in [-0.39, 0.29) is 23.8 Å². The number of hydrogen-bond donors (Lipinski definition) is 2. The summed E-state index contributed by atoms with van der Waals surface area (Å²) in [5, 5.41) is 14.0. The van der Waals surface area contributed by atoms with Crippen molar-refractivity contribution in [3.63, 3.8) is 0 Å². The first-order valence-electron chi connectivity index (χ1n) is 8.40. The highest BCUT2D eigenvalue weighted by molar-refractivity contribution is 7.99. The van der Waals surface area contributed by atoms with Crippen LogP contribution in [0.2, 0.25) is 0 Å². The normalized spacial score (nSPS) is 21.8. The van der Waals surface area contributed by atoms with Crippen LogP contribution in [0, 0.1) is 5.92 Å². The number of aromatic amines is 1. The van der Waals surface area contributed by atoms with Crippen LogP contribution < -0.4 is 5.32 Å². The Bertz CT molecular complexity index is 539. The van der Waals surface area contributed by atoms with Gasteiger partial charge in [-0.05, 0) is 25.7 Å². The van der Waals surface area contributed by atoms with Gasteiger partial charge in [0.05, 0.1) is 6.20 Å². The first-order chi connectivity index (χ1) is 11.7. The Morgan fingerprint density at radius 1 is 1.38 bits per heavy atom. The number of aromatic nitrogens is 3. The van der Waals surface area contributed by atoms with E-state index >= 15 is 0 Å². The molecule has 2 aliphatic rings. The van der Waals surface area contributed by atoms with Gasteiger partial charge in [-0.15, -0.1) is 16.9 Å². The molecule has 132 valence electrons. The molecule has 0 aliphatic carbocycles. The number of H-pyrrole nitrogens is 1. The van der Waals surface area contributed by atoms with E-state index in [1.165, 1.54) is 0 Å². The fourth-order valence-corrected chi connectivity index (χ4v) is 3.72. The minimum absolute atomic E-state index is 0.00408. The molecule has 3 heterocycles. The molecule has 0 bridgehead atoms. The number of piperidine rings is 1. The van der Waals surface area contributed by atoms with E-state index in [4.69, 9.17) is 4.74 Å². The number of carbonyl (C=O) groups excluding carboxylic acids is 2. The number of rotatable bonds is 6. The lowest BCUT2D eigenvalue weighted by atomic mass is 9.95. The fourth-order valence-electron chi connectivity index (χ4n) is 3.07. The maximum atomic E-state index is 12.3. The molecule has 0 aromatic carbocycles. The largest absolute Gasteiger partial charge is 0.368 e. The van der Waals surface area contributed by atoms with Crippen LogP contribution in [0.15, 0.2) is 11.2 Å². The van der Waals surface area contributed by atoms with Crippen LogP contribution >= 0.6 is 11.8 Å². The summed E-state index contributed by atoms with van der Waals surface area (Å²) in [6.45, 7) is 2.57. The Kier molecular flexibility index (Phi) is 6.08. The zero-order valence-electron chi connectivity index (χ0n) is 13.6. The third-order valence-electron chi connectivity index (χ3n) is 4.43. The van der Waals surface area contributed by atoms with Crippen LogP contribution in [-0.2, 0) is 14.3 Å². The summed E-state index contributed by atoms with van der Waals surface area (Å²) in [6, 6.07) is 0. The summed E-state index contributed by atoms with van der Waals surface area (Å²) < 4.78 is 5.45. The highest BCUT2D eigenvalue weighted by Gasteiger charge is 2.32. The van der Waals surface area contributed by atoms with Crippen molar-refractivity contribution in [3.05, 3.63) is 6.20 Å². The van der Waals surface area contributed by atoms with E-state index < -0.39 is 0 Å². The molecular weight excluding hydrogens is 330 g/mol. The molecule has 2 aliphatic heterocycles. The van der Waals surface area contributed by atoms with Crippen molar-refractivity contribution in [2.75, 3.05) is 32.0 Å². The summed E-state index contributed by atoms with van der Waals surface area (Å²) >= 11 is 1.55. The van der Waals surface area contributed by atoms with Crippen LogP contribution in [-0.4, -0.2) is 70.2 Å². The quantitative estimate of drug-likeness (QED) is 0.568. The summed E-state index contributed by atoms with van der Waals surface area (Å²) in [4.78, 5) is 26.3. The lowest BCUT2D eigenvalue weighted by Gasteiger charge is -2.32. The van der Waals surface area contributed by atoms with E-state index in [0.29, 0.717) is 26.2 Å². The molecule has 2 N–H and O–H groups in total. The van der Waals surface area contributed by atoms with Gasteiger partial charge >= 0.3 is 0 Å². The molecule has 0 unspecified atom stereocenters. The zero-order chi connectivity index (χ0) is 16.8. The average Bonchev–Trinajstić information content (AvgIpc) is 3.31. The highest BCUT2D eigenvalue weighted by atomic mass is 32.2. The molecule has 9 heteroatoms. The molecule has 2 saturated heterocycles. The van der Waals surface area contributed by atoms with E-state index in [9.17, 15) is 9.59 Å². The minimum atomic E-state index is -0.260. The second-order valence-electron chi connectivity index (χ2n) is 6.05. The maximum absolute atomic E-state index is 12.3. The molecule has 1 aromatic rings. The first kappa shape index (κ1) is 17.2. The first-order valence-corrected chi connectivity index (χ1v) is 9.39. The van der Waals surface area contributed by atoms with Gasteiger partial charge in [0, 0.05) is 37.9 Å². The summed E-state index contributed by atoms with van der Waals surface area (Å²) in [7, 11) is 0. The standard InChI is InChI=1S/C15H23N5O3S/c21-14(16-5-9-24-13-10-17-19-18-13)11-3-6-20(7-4-11)15(22)12-2-1-8-23-12/h10-12H,1-9H2,(H,16,21)(H,17,18,19)/t12-/m0/s1. The van der Waals surface area contributed by atoms with E-state index in [1.807, 2.05) is 4.90 Å². The van der Waals surface area contributed by atoms with Gasteiger partial charge in [-0.2, -0.15) is 10.3 Å². The summed E-state index contributed by atoms with van der Waals surface area (Å²) in [5.41, 5.74) is 0. The van der Waals surface area contributed by atoms with Crippen molar-refractivity contribution in [3.8, 4) is 0 Å². The van der Waals surface area contributed by atoms with Crippen molar-refractivity contribution in [1.29, 1.82) is 0 Å². The number of thioether (sulfide) groups is 1. The van der Waals surface area contributed by atoms with Gasteiger partial charge in [-0.25, -0.2) is 0 Å². The molecule has 0 saturated carbocycles. The number of hydrogen-bond acceptors (Lipinski definition) is 6. The number of ether oxygens (including phenoxy) is 1. The Balaban J connectivity index is 1.33. The minimum Gasteiger partial charge on any atom is -0.368 e. The highest BCUT2D eigenvalue weighted by Crippen LogP contribution is 2.21. The molecule has 0 radical (unpaired) electrons. The Morgan fingerprint density at radius 3 is 2.88 bits per heavy atom. The van der Waals surface area contributed by atoms with Gasteiger partial charge in [-0.3, -0.25) is 9.59 Å². The van der Waals surface area contributed by atoms with Crippen LogP contribution in [0.25, 0.3) is 0 Å². The number of likely N-dealkylation sites (tertiary alicyclic amines) is 1. The van der Waals surface area contributed by atoms with Gasteiger partial charge in [0.2, 0.25) is 5.91 Å². The van der Waals surface area contributed by atoms with Crippen molar-refractivity contribution in [1.82, 2.24) is 25.6 Å². The molecule has 1 atom stereocenters. The zero-order valence-corrected chi connectivity index (χ0v) is 14.4. The molecule has 24 heavy (non-hydrogen) atoms. The second-order valence-corrected chi connectivity index (χ2v) is 7.16. The maximum Gasteiger partial charge on any atom is 0.251 e. The molecule has 3 rings (SSSR count). The van der Waals surface area contributed by atoms with Crippen molar-refractivity contribution in [2.45, 2.75) is 36.8 Å². The SMILES string of the molecule is O=C(NCCSc1cn[nH]n1)C1CCN(C(=O)[C@@H]2CCCO2)CC1. The number of amides is 2. The van der Waals surface area contributed by atoms with Crippen LogP contribution in [0.4, 0.5) is 0 Å². The average molecular weight is 353 g/mol. The van der Waals surface area contributed by atoms with Gasteiger partial charge in [0.1, 0.15) is 11.1 Å². The Hall–Kier alpha value is -1.61. The third kappa shape index (κ3) is 4.47. The van der Waals surface area contributed by atoms with E-state index in [0.717, 1.165) is 36.5 Å². The Labute approximate surface area is 145 Å². The number of nitrogens with one attached hydrogen (secondary N) is 2. The smallest absolute Gasteiger partial charge is 0.251 e. The lowest BCUT2D eigenvalue weighted by Crippen LogP contribution is -2.46. The monoisotopic (exact) mass is 353 g/mol. The topological polar surface area (TPSA) is 100 Å². The Morgan fingerprint density at radius 2 is 2.21 bits per heavy atom. The van der Waals surface area contributed by atoms with Crippen LogP contribution in [0.3, 0.4) is 0 Å². The van der Waals surface area contributed by atoms with E-state index in [1.54, 1.807) is 18.0 Å². The van der Waals surface area contributed by atoms with Crippen molar-refractivity contribution < 1.29 is 14.3 Å². The molecule has 2 amide bonds. The van der Waals surface area contributed by atoms with Crippen LogP contribution in [0.1, 0.15) is 25.7 Å². The lowest BCUT2D eigenvalue weighted by molar-refractivity contribution is -0.143. The third-order valence-corrected chi connectivity index (χ3v) is 5.33. The number of nitrogens with zero attached hydrogens (tertiary/aromatic N) is 3. The molecular formula is C15H23N5O3S. The predicted octanol–water partition coefficient (Wildman–Crippen LogP) is 0.431. The van der Waals surface area contributed by atoms with Gasteiger partial charge in [0.15, 0.2) is 0 Å². The van der Waals surface area contributed by atoms with E-state index in [2.05, 4.69) is 20.7 Å². The molecule has 1 aromatic heterocycles. The molecule has 0 spiro atoms. The number of carbonyl (C=O) groups is 2. The summed E-state index contributed by atoms with van der Waals surface area (Å²) in [5.74, 6) is 0.931. The second kappa shape index (κ2) is 8.48. The molecule has 8 nitrogen and oxygen atoms in total. The van der Waals surface area contributed by atoms with Gasteiger partial charge in [-0.1, -0.05) is 0 Å². The molecule has 2 fully saturated rings. The van der Waals surface area contributed by atoms with Gasteiger partial charge in [0.25, 0.3) is 5.91 Å². The van der Waals surface area contributed by atoms with Crippen LogP contribution in [0.5, 0.6) is 0 Å². The summed E-state index contributed by atoms with van der Waals surface area (Å²) in [6.07, 6.45) is 4.63. The predicted molar refractivity (Wildman–Crippen MR) is 88.4 cm³/mol. The van der Waals surface area contributed by atoms with Crippen molar-refractivity contribution >= 4 is 23.6 Å². The fraction of sp³-hybridized carbons (Fsp3) is 0.733. The van der Waals surface area contributed by atoms with Gasteiger partial charge < -0.3 is 15.0 Å². The van der Waals surface area contributed by atoms with Crippen molar-refractivity contribution in [2.24, 2.45) is 5.92 Å².